The van der Waals surface area contributed by atoms with Gasteiger partial charge in [0.1, 0.15) is 11.5 Å². The van der Waals surface area contributed by atoms with Gasteiger partial charge in [0.2, 0.25) is 5.95 Å². The SMILES string of the molecule is Nc1nccc(-c2cc(OC(F)F)ccc2OC(F)F)n1. The summed E-state index contributed by atoms with van der Waals surface area (Å²) in [4.78, 5) is 7.48. The second kappa shape index (κ2) is 6.25. The maximum absolute atomic E-state index is 12.4. The van der Waals surface area contributed by atoms with Gasteiger partial charge in [-0.2, -0.15) is 17.6 Å². The zero-order valence-electron chi connectivity index (χ0n) is 10.3. The number of aromatic nitrogens is 2. The average molecular weight is 303 g/mol. The van der Waals surface area contributed by atoms with E-state index >= 15 is 0 Å². The van der Waals surface area contributed by atoms with E-state index in [1.165, 1.54) is 12.3 Å². The second-order valence-corrected chi connectivity index (χ2v) is 3.72. The number of nitrogens with two attached hydrogens (primary N) is 1. The number of benzene rings is 1. The Balaban J connectivity index is 2.47. The summed E-state index contributed by atoms with van der Waals surface area (Å²) in [6.45, 7) is -6.13. The number of nitrogen functional groups attached to an aromatic ring is 1. The van der Waals surface area contributed by atoms with Crippen LogP contribution >= 0.6 is 0 Å². The molecule has 112 valence electrons. The van der Waals surface area contributed by atoms with E-state index in [1.807, 2.05) is 0 Å². The van der Waals surface area contributed by atoms with Gasteiger partial charge in [-0.1, -0.05) is 0 Å². The monoisotopic (exact) mass is 303 g/mol. The van der Waals surface area contributed by atoms with Gasteiger partial charge in [0.25, 0.3) is 0 Å². The molecule has 0 aliphatic carbocycles. The molecule has 0 bridgehead atoms. The first-order chi connectivity index (χ1) is 9.95. The van der Waals surface area contributed by atoms with Gasteiger partial charge in [-0.15, -0.1) is 0 Å². The summed E-state index contributed by atoms with van der Waals surface area (Å²) in [6, 6.07) is 4.64. The van der Waals surface area contributed by atoms with E-state index in [2.05, 4.69) is 19.4 Å². The minimum absolute atomic E-state index is 0.0301. The highest BCUT2D eigenvalue weighted by molar-refractivity contribution is 5.69. The van der Waals surface area contributed by atoms with Gasteiger partial charge in [-0.05, 0) is 24.3 Å². The minimum atomic E-state index is -3.08. The molecule has 0 unspecified atom stereocenters. The fraction of sp³-hybridized carbons (Fsp3) is 0.167. The normalized spacial score (nSPS) is 11.0. The molecule has 2 aromatic rings. The third-order valence-corrected chi connectivity index (χ3v) is 2.34. The molecule has 2 N–H and O–H groups in total. The highest BCUT2D eigenvalue weighted by Gasteiger charge is 2.15. The first-order valence-corrected chi connectivity index (χ1v) is 5.58. The molecule has 0 radical (unpaired) electrons. The predicted octanol–water partition coefficient (Wildman–Crippen LogP) is 2.93. The summed E-state index contributed by atoms with van der Waals surface area (Å²) in [6.07, 6.45) is 1.30. The molecular formula is C12H9F4N3O2. The van der Waals surface area contributed by atoms with Crippen LogP contribution in [0.15, 0.2) is 30.5 Å². The molecule has 9 heteroatoms. The summed E-state index contributed by atoms with van der Waals surface area (Å²) in [5, 5.41) is 0. The summed E-state index contributed by atoms with van der Waals surface area (Å²) in [5.74, 6) is -0.570. The van der Waals surface area contributed by atoms with Gasteiger partial charge in [-0.3, -0.25) is 0 Å². The van der Waals surface area contributed by atoms with Gasteiger partial charge >= 0.3 is 13.2 Å². The number of hydrogen-bond acceptors (Lipinski definition) is 5. The van der Waals surface area contributed by atoms with Gasteiger partial charge in [0.05, 0.1) is 5.69 Å². The molecule has 1 aromatic heterocycles. The Kier molecular flexibility index (Phi) is 4.41. The van der Waals surface area contributed by atoms with Crippen LogP contribution in [0.4, 0.5) is 23.5 Å². The van der Waals surface area contributed by atoms with Crippen molar-refractivity contribution >= 4 is 5.95 Å². The summed E-state index contributed by atoms with van der Waals surface area (Å²) in [5.41, 5.74) is 5.57. The van der Waals surface area contributed by atoms with Crippen LogP contribution in [0, 0.1) is 0 Å². The Morgan fingerprint density at radius 3 is 2.33 bits per heavy atom. The summed E-state index contributed by atoms with van der Waals surface area (Å²) in [7, 11) is 0. The van der Waals surface area contributed by atoms with Crippen LogP contribution < -0.4 is 15.2 Å². The van der Waals surface area contributed by atoms with Crippen molar-refractivity contribution in [3.05, 3.63) is 30.5 Å². The number of alkyl halides is 4. The van der Waals surface area contributed by atoms with E-state index in [4.69, 9.17) is 5.73 Å². The van der Waals surface area contributed by atoms with Gasteiger partial charge in [0, 0.05) is 11.8 Å². The molecule has 0 saturated carbocycles. The van der Waals surface area contributed by atoms with Crippen LogP contribution in [-0.4, -0.2) is 23.2 Å². The second-order valence-electron chi connectivity index (χ2n) is 3.72. The number of hydrogen-bond donors (Lipinski definition) is 1. The maximum Gasteiger partial charge on any atom is 0.387 e. The molecule has 0 saturated heterocycles. The Morgan fingerprint density at radius 2 is 1.71 bits per heavy atom. The van der Waals surface area contributed by atoms with Crippen LogP contribution in [0.5, 0.6) is 11.5 Å². The third kappa shape index (κ3) is 3.94. The molecule has 1 aromatic carbocycles. The van der Waals surface area contributed by atoms with E-state index in [0.29, 0.717) is 0 Å². The highest BCUT2D eigenvalue weighted by atomic mass is 19.3. The molecule has 0 fully saturated rings. The van der Waals surface area contributed by atoms with Crippen molar-refractivity contribution in [3.8, 4) is 22.8 Å². The molecular weight excluding hydrogens is 294 g/mol. The fourth-order valence-corrected chi connectivity index (χ4v) is 1.61. The summed E-state index contributed by atoms with van der Waals surface area (Å²) < 4.78 is 57.7. The lowest BCUT2D eigenvalue weighted by atomic mass is 10.1. The number of nitrogens with zero attached hydrogens (tertiary/aromatic N) is 2. The molecule has 5 nitrogen and oxygen atoms in total. The van der Waals surface area contributed by atoms with E-state index < -0.39 is 13.2 Å². The highest BCUT2D eigenvalue weighted by Crippen LogP contribution is 2.34. The lowest BCUT2D eigenvalue weighted by Crippen LogP contribution is -2.06. The minimum Gasteiger partial charge on any atom is -0.435 e. The number of rotatable bonds is 5. The standard InChI is InChI=1S/C12H9F4N3O2/c13-10(14)20-6-1-2-9(21-11(15)16)7(5-6)8-3-4-18-12(17)19-8/h1-5,10-11H,(H2,17,18,19). The summed E-state index contributed by atoms with van der Waals surface area (Å²) >= 11 is 0. The average Bonchev–Trinajstić information content (AvgIpc) is 2.39. The van der Waals surface area contributed by atoms with Gasteiger partial charge in [-0.25, -0.2) is 9.97 Å². The number of ether oxygens (including phenoxy) is 2. The Hall–Kier alpha value is -2.58. The molecule has 0 atom stereocenters. The Bertz CT molecular complexity index is 625. The Labute approximate surface area is 116 Å². The Morgan fingerprint density at radius 1 is 1.00 bits per heavy atom. The van der Waals surface area contributed by atoms with Gasteiger partial charge in [0.15, 0.2) is 0 Å². The first-order valence-electron chi connectivity index (χ1n) is 5.58. The van der Waals surface area contributed by atoms with Crippen LogP contribution in [0.1, 0.15) is 0 Å². The van der Waals surface area contributed by atoms with Crippen molar-refractivity contribution in [1.82, 2.24) is 9.97 Å². The van der Waals surface area contributed by atoms with Crippen LogP contribution in [-0.2, 0) is 0 Å². The van der Waals surface area contributed by atoms with Crippen molar-refractivity contribution in [2.45, 2.75) is 13.2 Å². The topological polar surface area (TPSA) is 70.3 Å². The quantitative estimate of drug-likeness (QED) is 0.860. The van der Waals surface area contributed by atoms with Crippen molar-refractivity contribution in [2.75, 3.05) is 5.73 Å². The first kappa shape index (κ1) is 14.8. The predicted molar refractivity (Wildman–Crippen MR) is 65.1 cm³/mol. The van der Waals surface area contributed by atoms with Crippen LogP contribution in [0.25, 0.3) is 11.3 Å². The number of halogens is 4. The van der Waals surface area contributed by atoms with Crippen molar-refractivity contribution in [1.29, 1.82) is 0 Å². The molecule has 0 aliphatic heterocycles. The fourth-order valence-electron chi connectivity index (χ4n) is 1.61. The van der Waals surface area contributed by atoms with Crippen molar-refractivity contribution < 1.29 is 27.0 Å². The van der Waals surface area contributed by atoms with Crippen LogP contribution in [0.2, 0.25) is 0 Å². The maximum atomic E-state index is 12.4. The van der Waals surface area contributed by atoms with Crippen molar-refractivity contribution in [3.63, 3.8) is 0 Å². The van der Waals surface area contributed by atoms with Crippen LogP contribution in [0.3, 0.4) is 0 Å². The van der Waals surface area contributed by atoms with E-state index in [0.717, 1.165) is 18.2 Å². The zero-order chi connectivity index (χ0) is 15.4. The molecule has 1 heterocycles. The zero-order valence-corrected chi connectivity index (χ0v) is 10.3. The van der Waals surface area contributed by atoms with E-state index in [-0.39, 0.29) is 28.7 Å². The molecule has 2 rings (SSSR count). The molecule has 0 amide bonds. The van der Waals surface area contributed by atoms with Crippen molar-refractivity contribution in [2.24, 2.45) is 0 Å². The van der Waals surface area contributed by atoms with E-state index in [1.54, 1.807) is 0 Å². The third-order valence-electron chi connectivity index (χ3n) is 2.34. The number of anilines is 1. The lowest BCUT2D eigenvalue weighted by molar-refractivity contribution is -0.0526. The smallest absolute Gasteiger partial charge is 0.387 e. The van der Waals surface area contributed by atoms with Gasteiger partial charge < -0.3 is 15.2 Å². The lowest BCUT2D eigenvalue weighted by Gasteiger charge is -2.12. The van der Waals surface area contributed by atoms with E-state index in [9.17, 15) is 17.6 Å². The molecule has 0 spiro atoms. The largest absolute Gasteiger partial charge is 0.435 e. The molecule has 21 heavy (non-hydrogen) atoms. The molecule has 0 aliphatic rings.